The summed E-state index contributed by atoms with van der Waals surface area (Å²) in [4.78, 5) is 1.59. The van der Waals surface area contributed by atoms with E-state index in [0.717, 1.165) is 43.0 Å². The summed E-state index contributed by atoms with van der Waals surface area (Å²) in [6.45, 7) is 0. The molecule has 3 rings (SSSR count). The average Bonchev–Trinajstić information content (AvgIpc) is 2.89. The number of alkyl halides is 4. The molecule has 22 heavy (non-hydrogen) atoms. The predicted octanol–water partition coefficient (Wildman–Crippen LogP) is 5.33. The highest BCUT2D eigenvalue weighted by molar-refractivity contribution is 9.09. The molecule has 1 aromatic carbocycles. The third kappa shape index (κ3) is 2.57. The Labute approximate surface area is 134 Å². The molecule has 2 aliphatic rings. The maximum Gasteiger partial charge on any atom is 0.417 e. The standard InChI is InChI=1S/C16H14BrF4N/c1-22-14(7-9-3-2-4-11(9)15(22)17)12-8-10(18)5-6-13(12)16(19,20)21/h5-8,15H,2-4H2,1H3. The van der Waals surface area contributed by atoms with Crippen molar-refractivity contribution in [3.05, 3.63) is 52.4 Å². The number of hydrogen-bond acceptors (Lipinski definition) is 1. The van der Waals surface area contributed by atoms with Gasteiger partial charge in [0.25, 0.3) is 0 Å². The first-order valence-corrected chi connectivity index (χ1v) is 7.88. The van der Waals surface area contributed by atoms with Crippen molar-refractivity contribution in [2.45, 2.75) is 30.4 Å². The van der Waals surface area contributed by atoms with E-state index in [0.29, 0.717) is 5.70 Å². The highest BCUT2D eigenvalue weighted by atomic mass is 79.9. The normalized spacial score (nSPS) is 22.0. The quantitative estimate of drug-likeness (QED) is 0.364. The third-order valence-electron chi connectivity index (χ3n) is 4.19. The number of allylic oxidation sites excluding steroid dienone is 2. The predicted molar refractivity (Wildman–Crippen MR) is 80.7 cm³/mol. The van der Waals surface area contributed by atoms with Crippen LogP contribution in [0.1, 0.15) is 30.4 Å². The van der Waals surface area contributed by atoms with Crippen molar-refractivity contribution in [1.82, 2.24) is 4.90 Å². The van der Waals surface area contributed by atoms with Gasteiger partial charge >= 0.3 is 6.18 Å². The molecule has 0 N–H and O–H groups in total. The van der Waals surface area contributed by atoms with Crippen LogP contribution in [0.2, 0.25) is 0 Å². The SMILES string of the molecule is CN1C(c2cc(F)ccc2C(F)(F)F)=CC2=C(CCC2)C1Br. The lowest BCUT2D eigenvalue weighted by Crippen LogP contribution is -2.30. The largest absolute Gasteiger partial charge is 0.417 e. The lowest BCUT2D eigenvalue weighted by Gasteiger charge is -2.34. The topological polar surface area (TPSA) is 3.24 Å². The number of halogens is 5. The molecule has 0 aromatic heterocycles. The van der Waals surface area contributed by atoms with Crippen molar-refractivity contribution in [2.24, 2.45) is 0 Å². The first kappa shape index (κ1) is 15.6. The maximum atomic E-state index is 13.5. The fourth-order valence-corrected chi connectivity index (χ4v) is 3.84. The first-order chi connectivity index (χ1) is 10.3. The lowest BCUT2D eigenvalue weighted by molar-refractivity contribution is -0.137. The third-order valence-corrected chi connectivity index (χ3v) is 5.35. The first-order valence-electron chi connectivity index (χ1n) is 6.96. The van der Waals surface area contributed by atoms with Crippen LogP contribution in [-0.2, 0) is 6.18 Å². The van der Waals surface area contributed by atoms with Gasteiger partial charge in [0.1, 0.15) is 10.8 Å². The zero-order chi connectivity index (χ0) is 16.1. The van der Waals surface area contributed by atoms with Crippen LogP contribution in [0.5, 0.6) is 0 Å². The lowest BCUT2D eigenvalue weighted by atomic mass is 9.97. The molecule has 0 spiro atoms. The van der Waals surface area contributed by atoms with Crippen LogP contribution in [0.25, 0.3) is 5.70 Å². The van der Waals surface area contributed by atoms with Crippen LogP contribution in [0, 0.1) is 5.82 Å². The monoisotopic (exact) mass is 375 g/mol. The molecule has 0 amide bonds. The van der Waals surface area contributed by atoms with Gasteiger partial charge in [-0.3, -0.25) is 0 Å². The second-order valence-electron chi connectivity index (χ2n) is 5.57. The Morgan fingerprint density at radius 3 is 2.64 bits per heavy atom. The number of likely N-dealkylation sites (N-methyl/N-ethyl adjacent to an activating group) is 1. The molecule has 1 heterocycles. The van der Waals surface area contributed by atoms with Gasteiger partial charge in [0.05, 0.1) is 5.56 Å². The summed E-state index contributed by atoms with van der Waals surface area (Å²) >= 11 is 3.54. The van der Waals surface area contributed by atoms with E-state index in [-0.39, 0.29) is 10.5 Å². The fraction of sp³-hybridized carbons (Fsp3) is 0.375. The van der Waals surface area contributed by atoms with Gasteiger partial charge in [-0.05, 0) is 54.7 Å². The highest BCUT2D eigenvalue weighted by Gasteiger charge is 2.37. The maximum absolute atomic E-state index is 13.5. The smallest absolute Gasteiger partial charge is 0.358 e. The van der Waals surface area contributed by atoms with Gasteiger partial charge in [0.15, 0.2) is 0 Å². The molecule has 1 nitrogen and oxygen atoms in total. The molecule has 118 valence electrons. The molecule has 1 aliphatic carbocycles. The van der Waals surface area contributed by atoms with Gasteiger partial charge in [0.2, 0.25) is 0 Å². The van der Waals surface area contributed by atoms with Crippen molar-refractivity contribution >= 4 is 21.6 Å². The van der Waals surface area contributed by atoms with E-state index in [1.807, 2.05) is 0 Å². The Morgan fingerprint density at radius 2 is 1.95 bits per heavy atom. The second-order valence-corrected chi connectivity index (χ2v) is 6.44. The zero-order valence-electron chi connectivity index (χ0n) is 11.8. The second kappa shape index (κ2) is 5.41. The summed E-state index contributed by atoms with van der Waals surface area (Å²) in [5.74, 6) is -0.672. The number of benzene rings is 1. The van der Waals surface area contributed by atoms with Crippen molar-refractivity contribution < 1.29 is 17.6 Å². The molecule has 0 saturated heterocycles. The molecular formula is C16H14BrF4N. The minimum absolute atomic E-state index is 0.113. The van der Waals surface area contributed by atoms with Gasteiger partial charge in [-0.15, -0.1) is 0 Å². The van der Waals surface area contributed by atoms with E-state index < -0.39 is 17.6 Å². The summed E-state index contributed by atoms with van der Waals surface area (Å²) in [6.07, 6.45) is 0.0424. The molecule has 1 aromatic rings. The number of nitrogens with zero attached hydrogens (tertiary/aromatic N) is 1. The van der Waals surface area contributed by atoms with Gasteiger partial charge < -0.3 is 4.90 Å². The molecule has 0 saturated carbocycles. The van der Waals surface area contributed by atoms with Crippen molar-refractivity contribution in [3.63, 3.8) is 0 Å². The molecular weight excluding hydrogens is 362 g/mol. The van der Waals surface area contributed by atoms with E-state index >= 15 is 0 Å². The van der Waals surface area contributed by atoms with E-state index in [2.05, 4.69) is 15.9 Å². The zero-order valence-corrected chi connectivity index (χ0v) is 13.4. The van der Waals surface area contributed by atoms with Crippen LogP contribution in [-0.4, -0.2) is 16.9 Å². The van der Waals surface area contributed by atoms with Crippen LogP contribution < -0.4 is 0 Å². The minimum Gasteiger partial charge on any atom is -0.358 e. The molecule has 0 bridgehead atoms. The minimum atomic E-state index is -4.52. The van der Waals surface area contributed by atoms with Crippen LogP contribution in [0.3, 0.4) is 0 Å². The Morgan fingerprint density at radius 1 is 1.23 bits per heavy atom. The number of rotatable bonds is 1. The van der Waals surface area contributed by atoms with Crippen molar-refractivity contribution in [3.8, 4) is 0 Å². The molecule has 0 fully saturated rings. The average molecular weight is 376 g/mol. The van der Waals surface area contributed by atoms with E-state index in [4.69, 9.17) is 0 Å². The Bertz CT molecular complexity index is 675. The Kier molecular flexibility index (Phi) is 3.83. The van der Waals surface area contributed by atoms with Crippen molar-refractivity contribution in [1.29, 1.82) is 0 Å². The van der Waals surface area contributed by atoms with Gasteiger partial charge in [0, 0.05) is 18.3 Å². The van der Waals surface area contributed by atoms with Gasteiger partial charge in [-0.25, -0.2) is 4.39 Å². The fourth-order valence-electron chi connectivity index (χ4n) is 3.09. The van der Waals surface area contributed by atoms with E-state index in [1.165, 1.54) is 5.57 Å². The summed E-state index contributed by atoms with van der Waals surface area (Å²) < 4.78 is 53.3. The summed E-state index contributed by atoms with van der Waals surface area (Å²) in [7, 11) is 1.72. The number of hydrogen-bond donors (Lipinski definition) is 0. The Hall–Kier alpha value is -1.30. The van der Waals surface area contributed by atoms with Gasteiger partial charge in [-0.2, -0.15) is 13.2 Å². The highest BCUT2D eigenvalue weighted by Crippen LogP contribution is 2.44. The summed E-state index contributed by atoms with van der Waals surface area (Å²) in [5.41, 5.74) is 1.74. The Balaban J connectivity index is 2.17. The van der Waals surface area contributed by atoms with E-state index in [1.54, 1.807) is 18.0 Å². The van der Waals surface area contributed by atoms with Crippen LogP contribution >= 0.6 is 15.9 Å². The molecule has 1 aliphatic heterocycles. The van der Waals surface area contributed by atoms with E-state index in [9.17, 15) is 17.6 Å². The van der Waals surface area contributed by atoms with Crippen molar-refractivity contribution in [2.75, 3.05) is 7.05 Å². The molecule has 1 atom stereocenters. The molecule has 1 unspecified atom stereocenters. The summed E-state index contributed by atoms with van der Waals surface area (Å²) in [5, 5.41) is 0. The van der Waals surface area contributed by atoms with Crippen LogP contribution in [0.15, 0.2) is 35.4 Å². The molecule has 0 radical (unpaired) electrons. The van der Waals surface area contributed by atoms with Gasteiger partial charge in [-0.1, -0.05) is 15.9 Å². The van der Waals surface area contributed by atoms with Crippen LogP contribution in [0.4, 0.5) is 17.6 Å². The molecule has 6 heteroatoms. The summed E-state index contributed by atoms with van der Waals surface area (Å²) in [6, 6.07) is 2.62.